The first-order valence-electron chi connectivity index (χ1n) is 3.28. The number of hydrogen-bond donors (Lipinski definition) is 3. The van der Waals surface area contributed by atoms with E-state index in [1.54, 1.807) is 0 Å². The fourth-order valence-electron chi connectivity index (χ4n) is 0.411. The Balaban J connectivity index is 3.40. The summed E-state index contributed by atoms with van der Waals surface area (Å²) in [6.45, 7) is 3.79. The molecule has 3 N–H and O–H groups in total. The average Bonchev–Trinajstić information content (AvgIpc) is 1.86. The minimum absolute atomic E-state index is 0.183. The maximum absolute atomic E-state index is 10.4. The molecule has 6 heteroatoms. The number of amides is 1. The first-order chi connectivity index (χ1) is 5.04. The Morgan fingerprint density at radius 2 is 2.00 bits per heavy atom. The summed E-state index contributed by atoms with van der Waals surface area (Å²) in [6.07, 6.45) is 0. The van der Waals surface area contributed by atoms with Gasteiger partial charge in [0.2, 0.25) is 0 Å². The highest BCUT2D eigenvalue weighted by Crippen LogP contribution is 1.70. The molecule has 0 heterocycles. The van der Waals surface area contributed by atoms with E-state index in [0.29, 0.717) is 0 Å². The molecule has 0 aliphatic carbocycles. The van der Waals surface area contributed by atoms with Crippen molar-refractivity contribution in [1.82, 2.24) is 10.5 Å². The number of nitrogens with one attached hydrogen (secondary N) is 2. The van der Waals surface area contributed by atoms with Gasteiger partial charge in [-0.15, -0.1) is 0 Å². The third-order valence-electron chi connectivity index (χ3n) is 0.953. The van der Waals surface area contributed by atoms with Crippen molar-refractivity contribution in [2.45, 2.75) is 19.9 Å². The van der Waals surface area contributed by atoms with E-state index in [2.05, 4.69) is 10.5 Å². The quantitative estimate of drug-likeness (QED) is 0.343. The predicted octanol–water partition coefficient (Wildman–Crippen LogP) is -1.55. The molecule has 0 aliphatic heterocycles. The van der Waals surface area contributed by atoms with Crippen LogP contribution in [0.4, 0.5) is 0 Å². The fourth-order valence-corrected chi connectivity index (χ4v) is 0.411. The zero-order chi connectivity index (χ0) is 8.85. The zero-order valence-electron chi connectivity index (χ0n) is 6.55. The molecule has 0 fully saturated rings. The van der Waals surface area contributed by atoms with Gasteiger partial charge in [-0.1, -0.05) is 13.8 Å². The summed E-state index contributed by atoms with van der Waals surface area (Å²) in [7, 11) is 0.183. The Morgan fingerprint density at radius 1 is 1.45 bits per heavy atom. The van der Waals surface area contributed by atoms with Crippen molar-refractivity contribution < 1.29 is 14.7 Å². The molecule has 5 nitrogen and oxygen atoms in total. The summed E-state index contributed by atoms with van der Waals surface area (Å²) in [4.78, 5) is 20.3. The molecular formula is C5H11BN2O3. The number of hydrogen-bond acceptors (Lipinski definition) is 3. The second-order valence-electron chi connectivity index (χ2n) is 2.35. The molecule has 0 aliphatic rings. The minimum Gasteiger partial charge on any atom is -0.474 e. The Morgan fingerprint density at radius 3 is 2.36 bits per heavy atom. The highest BCUT2D eigenvalue weighted by atomic mass is 16.4. The number of carbonyl (C=O) groups is 2. The zero-order valence-corrected chi connectivity index (χ0v) is 6.55. The van der Waals surface area contributed by atoms with Gasteiger partial charge in [-0.25, -0.2) is 4.79 Å². The van der Waals surface area contributed by atoms with Gasteiger partial charge in [-0.2, -0.15) is 0 Å². The highest BCUT2D eigenvalue weighted by Gasteiger charge is 2.09. The van der Waals surface area contributed by atoms with Gasteiger partial charge in [-0.05, 0) is 6.04 Å². The van der Waals surface area contributed by atoms with E-state index in [1.165, 1.54) is 0 Å². The standard InChI is InChI=1S/C5H11BN2O3/c1-3(2)7-6-8-4(9)5(10)11/h3,6-7H,1-2H3,(H,8,9)(H,10,11). The molecule has 0 aromatic carbocycles. The first-order valence-corrected chi connectivity index (χ1v) is 3.28. The predicted molar refractivity (Wildman–Crippen MR) is 41.2 cm³/mol. The van der Waals surface area contributed by atoms with Gasteiger partial charge < -0.3 is 15.6 Å². The molecule has 0 atom stereocenters. The first kappa shape index (κ1) is 9.96. The van der Waals surface area contributed by atoms with Gasteiger partial charge in [0.15, 0.2) is 0 Å². The summed E-state index contributed by atoms with van der Waals surface area (Å²) < 4.78 is 0. The highest BCUT2D eigenvalue weighted by molar-refractivity contribution is 6.44. The Hall–Kier alpha value is -1.04. The van der Waals surface area contributed by atoms with Crippen molar-refractivity contribution in [3.8, 4) is 0 Å². The van der Waals surface area contributed by atoms with Crippen LogP contribution in [0, 0.1) is 0 Å². The van der Waals surface area contributed by atoms with Crippen LogP contribution >= 0.6 is 0 Å². The van der Waals surface area contributed by atoms with Crippen molar-refractivity contribution in [1.29, 1.82) is 0 Å². The van der Waals surface area contributed by atoms with Crippen LogP contribution in [-0.4, -0.2) is 30.6 Å². The van der Waals surface area contributed by atoms with Crippen LogP contribution in [0.1, 0.15) is 13.8 Å². The third kappa shape index (κ3) is 5.41. The number of rotatable bonds is 3. The van der Waals surface area contributed by atoms with Crippen molar-refractivity contribution in [2.24, 2.45) is 0 Å². The molecule has 62 valence electrons. The van der Waals surface area contributed by atoms with E-state index >= 15 is 0 Å². The third-order valence-corrected chi connectivity index (χ3v) is 0.953. The Labute approximate surface area is 65.4 Å². The van der Waals surface area contributed by atoms with E-state index in [1.807, 2.05) is 13.8 Å². The van der Waals surface area contributed by atoms with Gasteiger partial charge in [0.1, 0.15) is 0 Å². The lowest BCUT2D eigenvalue weighted by Gasteiger charge is -2.05. The van der Waals surface area contributed by atoms with Gasteiger partial charge in [-0.3, -0.25) is 4.79 Å². The SMILES string of the molecule is CC(C)NBNC(=O)C(=O)O. The fraction of sp³-hybridized carbons (Fsp3) is 0.600. The number of carbonyl (C=O) groups excluding carboxylic acids is 1. The lowest BCUT2D eigenvalue weighted by atomic mass is 10.1. The molecule has 0 spiro atoms. The van der Waals surface area contributed by atoms with Gasteiger partial charge in [0, 0.05) is 0 Å². The van der Waals surface area contributed by atoms with Crippen LogP contribution in [0.15, 0.2) is 0 Å². The second-order valence-corrected chi connectivity index (χ2v) is 2.35. The number of aliphatic carboxylic acids is 1. The van der Waals surface area contributed by atoms with Gasteiger partial charge in [0.25, 0.3) is 0 Å². The van der Waals surface area contributed by atoms with E-state index < -0.39 is 11.9 Å². The normalized spacial score (nSPS) is 9.36. The maximum atomic E-state index is 10.4. The van der Waals surface area contributed by atoms with E-state index in [-0.39, 0.29) is 13.6 Å². The molecule has 0 unspecified atom stereocenters. The summed E-state index contributed by atoms with van der Waals surface area (Å²) in [6, 6.07) is 0.226. The molecule has 0 radical (unpaired) electrons. The van der Waals surface area contributed by atoms with E-state index in [0.717, 1.165) is 0 Å². The summed E-state index contributed by atoms with van der Waals surface area (Å²) in [5.74, 6) is -2.45. The molecule has 1 amide bonds. The summed E-state index contributed by atoms with van der Waals surface area (Å²) in [5.41, 5.74) is 0. The Bertz CT molecular complexity index is 160. The Kier molecular flexibility index (Phi) is 4.29. The van der Waals surface area contributed by atoms with E-state index in [9.17, 15) is 9.59 Å². The van der Waals surface area contributed by atoms with Crippen LogP contribution in [0.25, 0.3) is 0 Å². The number of carboxylic acids is 1. The molecule has 11 heavy (non-hydrogen) atoms. The van der Waals surface area contributed by atoms with Crippen molar-refractivity contribution >= 4 is 19.4 Å². The lowest BCUT2D eigenvalue weighted by molar-refractivity contribution is -0.149. The monoisotopic (exact) mass is 158 g/mol. The largest absolute Gasteiger partial charge is 0.474 e. The molecule has 0 bridgehead atoms. The molecule has 0 aromatic heterocycles. The van der Waals surface area contributed by atoms with Crippen LogP contribution in [0.5, 0.6) is 0 Å². The van der Waals surface area contributed by atoms with Crippen LogP contribution in [0.3, 0.4) is 0 Å². The van der Waals surface area contributed by atoms with Crippen molar-refractivity contribution in [3.63, 3.8) is 0 Å². The van der Waals surface area contributed by atoms with Crippen molar-refractivity contribution in [3.05, 3.63) is 0 Å². The second kappa shape index (κ2) is 4.73. The summed E-state index contributed by atoms with van der Waals surface area (Å²) >= 11 is 0. The molecule has 0 aromatic rings. The lowest BCUT2D eigenvalue weighted by Crippen LogP contribution is -2.43. The molecule has 0 saturated carbocycles. The van der Waals surface area contributed by atoms with Crippen molar-refractivity contribution in [2.75, 3.05) is 0 Å². The van der Waals surface area contributed by atoms with Gasteiger partial charge in [0.05, 0.1) is 0 Å². The maximum Gasteiger partial charge on any atom is 0.393 e. The molecule has 0 rings (SSSR count). The molecular weight excluding hydrogens is 147 g/mol. The summed E-state index contributed by atoms with van der Waals surface area (Å²) in [5, 5.41) is 13.1. The topological polar surface area (TPSA) is 78.4 Å². The average molecular weight is 158 g/mol. The minimum atomic E-state index is -1.46. The van der Waals surface area contributed by atoms with Crippen LogP contribution in [-0.2, 0) is 9.59 Å². The van der Waals surface area contributed by atoms with Crippen LogP contribution in [0.2, 0.25) is 0 Å². The van der Waals surface area contributed by atoms with E-state index in [4.69, 9.17) is 5.11 Å². The van der Waals surface area contributed by atoms with Gasteiger partial charge >= 0.3 is 19.4 Å². The number of carboxylic acid groups (broad SMARTS) is 1. The van der Waals surface area contributed by atoms with Crippen LogP contribution < -0.4 is 10.5 Å². The smallest absolute Gasteiger partial charge is 0.393 e. The molecule has 0 saturated heterocycles.